The largest absolute Gasteiger partial charge is 0.271 e. The van der Waals surface area contributed by atoms with E-state index >= 15 is 0 Å². The van der Waals surface area contributed by atoms with Gasteiger partial charge in [0.2, 0.25) is 0 Å². The summed E-state index contributed by atoms with van der Waals surface area (Å²) < 4.78 is 13.1. The SMILES string of the molecule is CC1(C(NN)c2cnccn2)CC1F. The minimum absolute atomic E-state index is 0.258. The van der Waals surface area contributed by atoms with Gasteiger partial charge in [-0.15, -0.1) is 0 Å². The standard InChI is InChI=1S/C9H13FN4/c1-9(4-7(9)10)8(14-11)6-5-12-2-3-13-6/h2-3,5,7-8,14H,4,11H2,1H3. The Labute approximate surface area is 81.7 Å². The number of nitrogens with one attached hydrogen (secondary N) is 1. The van der Waals surface area contributed by atoms with E-state index in [1.165, 1.54) is 0 Å². The molecule has 4 nitrogen and oxygen atoms in total. The zero-order valence-corrected chi connectivity index (χ0v) is 7.94. The number of hydrogen-bond acceptors (Lipinski definition) is 4. The molecular weight excluding hydrogens is 183 g/mol. The third kappa shape index (κ3) is 1.38. The molecule has 14 heavy (non-hydrogen) atoms. The highest BCUT2D eigenvalue weighted by Crippen LogP contribution is 2.55. The van der Waals surface area contributed by atoms with Crippen LogP contribution in [0.4, 0.5) is 4.39 Å². The van der Waals surface area contributed by atoms with Crippen LogP contribution in [0.5, 0.6) is 0 Å². The number of alkyl halides is 1. The number of hydrazine groups is 1. The molecule has 0 radical (unpaired) electrons. The maximum absolute atomic E-state index is 13.1. The lowest BCUT2D eigenvalue weighted by Gasteiger charge is -2.21. The molecule has 1 heterocycles. The zero-order valence-electron chi connectivity index (χ0n) is 7.94. The van der Waals surface area contributed by atoms with Gasteiger partial charge in [0, 0.05) is 17.8 Å². The molecule has 3 atom stereocenters. The van der Waals surface area contributed by atoms with Crippen LogP contribution in [0, 0.1) is 5.41 Å². The number of aromatic nitrogens is 2. The van der Waals surface area contributed by atoms with Crippen LogP contribution in [0.25, 0.3) is 0 Å². The van der Waals surface area contributed by atoms with E-state index in [-0.39, 0.29) is 6.04 Å². The van der Waals surface area contributed by atoms with Crippen molar-refractivity contribution in [3.05, 3.63) is 24.3 Å². The van der Waals surface area contributed by atoms with Crippen molar-refractivity contribution in [1.82, 2.24) is 15.4 Å². The van der Waals surface area contributed by atoms with Gasteiger partial charge < -0.3 is 0 Å². The van der Waals surface area contributed by atoms with Crippen LogP contribution in [-0.4, -0.2) is 16.1 Å². The smallest absolute Gasteiger partial charge is 0.108 e. The van der Waals surface area contributed by atoms with Crippen molar-refractivity contribution in [2.45, 2.75) is 25.6 Å². The molecule has 0 bridgehead atoms. The molecule has 1 saturated carbocycles. The van der Waals surface area contributed by atoms with Crippen molar-refractivity contribution in [2.75, 3.05) is 0 Å². The highest BCUT2D eigenvalue weighted by molar-refractivity contribution is 5.16. The minimum atomic E-state index is -0.800. The Morgan fingerprint density at radius 3 is 2.86 bits per heavy atom. The van der Waals surface area contributed by atoms with Crippen molar-refractivity contribution in [3.8, 4) is 0 Å². The summed E-state index contributed by atoms with van der Waals surface area (Å²) in [6, 6.07) is -0.258. The number of nitrogens with two attached hydrogens (primary N) is 1. The van der Waals surface area contributed by atoms with Gasteiger partial charge in [-0.25, -0.2) is 4.39 Å². The average Bonchev–Trinajstić information content (AvgIpc) is 2.78. The highest BCUT2D eigenvalue weighted by Gasteiger charge is 2.57. The van der Waals surface area contributed by atoms with Crippen LogP contribution < -0.4 is 11.3 Å². The Morgan fingerprint density at radius 2 is 2.43 bits per heavy atom. The summed E-state index contributed by atoms with van der Waals surface area (Å²) in [6.07, 6.45) is 4.50. The quantitative estimate of drug-likeness (QED) is 0.552. The minimum Gasteiger partial charge on any atom is -0.271 e. The lowest BCUT2D eigenvalue weighted by molar-refractivity contribution is 0.290. The fraction of sp³-hybridized carbons (Fsp3) is 0.556. The molecule has 0 amide bonds. The summed E-state index contributed by atoms with van der Waals surface area (Å²) in [7, 11) is 0. The first-order chi connectivity index (χ1) is 6.68. The van der Waals surface area contributed by atoms with E-state index in [1.807, 2.05) is 6.92 Å². The van der Waals surface area contributed by atoms with Crippen LogP contribution in [-0.2, 0) is 0 Å². The zero-order chi connectivity index (χ0) is 10.2. The van der Waals surface area contributed by atoms with E-state index in [4.69, 9.17) is 5.84 Å². The Balaban J connectivity index is 2.23. The van der Waals surface area contributed by atoms with Gasteiger partial charge >= 0.3 is 0 Å². The normalized spacial score (nSPS) is 32.6. The van der Waals surface area contributed by atoms with Gasteiger partial charge in [0.05, 0.1) is 17.9 Å². The summed E-state index contributed by atoms with van der Waals surface area (Å²) in [6.45, 7) is 1.86. The van der Waals surface area contributed by atoms with Gasteiger partial charge in [-0.05, 0) is 6.42 Å². The van der Waals surface area contributed by atoms with E-state index in [0.29, 0.717) is 12.1 Å². The van der Waals surface area contributed by atoms with Gasteiger partial charge in [0.15, 0.2) is 0 Å². The number of rotatable bonds is 3. The summed E-state index contributed by atoms with van der Waals surface area (Å²) >= 11 is 0. The molecule has 0 saturated heterocycles. The molecule has 1 fully saturated rings. The fourth-order valence-electron chi connectivity index (χ4n) is 1.70. The Bertz CT molecular complexity index is 318. The first-order valence-electron chi connectivity index (χ1n) is 4.54. The second-order valence-corrected chi connectivity index (χ2v) is 3.91. The van der Waals surface area contributed by atoms with Crippen LogP contribution in [0.3, 0.4) is 0 Å². The van der Waals surface area contributed by atoms with Crippen molar-refractivity contribution in [2.24, 2.45) is 11.3 Å². The summed E-state index contributed by atoms with van der Waals surface area (Å²) in [5.74, 6) is 5.41. The van der Waals surface area contributed by atoms with Gasteiger partial charge in [-0.2, -0.15) is 0 Å². The lowest BCUT2D eigenvalue weighted by Crippen LogP contribution is -2.35. The molecule has 3 N–H and O–H groups in total. The van der Waals surface area contributed by atoms with Gasteiger partial charge in [0.25, 0.3) is 0 Å². The molecule has 3 unspecified atom stereocenters. The van der Waals surface area contributed by atoms with Gasteiger partial charge in [-0.1, -0.05) is 6.92 Å². The molecule has 0 aromatic carbocycles. The summed E-state index contributed by atoms with van der Waals surface area (Å²) in [5.41, 5.74) is 2.88. The van der Waals surface area contributed by atoms with E-state index in [2.05, 4.69) is 15.4 Å². The average molecular weight is 196 g/mol. The molecule has 2 rings (SSSR count). The van der Waals surface area contributed by atoms with Crippen LogP contribution in [0.1, 0.15) is 25.1 Å². The Morgan fingerprint density at radius 1 is 1.71 bits per heavy atom. The maximum Gasteiger partial charge on any atom is 0.108 e. The predicted octanol–water partition coefficient (Wildman–Crippen LogP) is 0.729. The number of hydrogen-bond donors (Lipinski definition) is 2. The summed E-state index contributed by atoms with van der Waals surface area (Å²) in [5, 5.41) is 0. The molecular formula is C9H13FN4. The van der Waals surface area contributed by atoms with E-state index < -0.39 is 11.6 Å². The third-order valence-electron chi connectivity index (χ3n) is 2.88. The highest BCUT2D eigenvalue weighted by atomic mass is 19.1. The lowest BCUT2D eigenvalue weighted by atomic mass is 9.96. The molecule has 1 aromatic heterocycles. The molecule has 0 spiro atoms. The second kappa shape index (κ2) is 3.25. The molecule has 5 heteroatoms. The van der Waals surface area contributed by atoms with E-state index in [9.17, 15) is 4.39 Å². The van der Waals surface area contributed by atoms with Crippen LogP contribution in [0.2, 0.25) is 0 Å². The molecule has 1 aliphatic rings. The van der Waals surface area contributed by atoms with E-state index in [1.54, 1.807) is 18.6 Å². The maximum atomic E-state index is 13.1. The first kappa shape index (κ1) is 9.48. The van der Waals surface area contributed by atoms with E-state index in [0.717, 1.165) is 0 Å². The first-order valence-corrected chi connectivity index (χ1v) is 4.54. The molecule has 0 aliphatic heterocycles. The second-order valence-electron chi connectivity index (χ2n) is 3.91. The Kier molecular flexibility index (Phi) is 2.20. The van der Waals surface area contributed by atoms with Gasteiger partial charge in [-0.3, -0.25) is 21.2 Å². The monoisotopic (exact) mass is 196 g/mol. The van der Waals surface area contributed by atoms with Gasteiger partial charge in [0.1, 0.15) is 6.17 Å². The third-order valence-corrected chi connectivity index (χ3v) is 2.88. The fourth-order valence-corrected chi connectivity index (χ4v) is 1.70. The number of nitrogens with zero attached hydrogens (tertiary/aromatic N) is 2. The van der Waals surface area contributed by atoms with Crippen molar-refractivity contribution in [1.29, 1.82) is 0 Å². The van der Waals surface area contributed by atoms with Crippen LogP contribution in [0.15, 0.2) is 18.6 Å². The molecule has 1 aromatic rings. The van der Waals surface area contributed by atoms with Crippen LogP contribution >= 0.6 is 0 Å². The van der Waals surface area contributed by atoms with Crippen molar-refractivity contribution >= 4 is 0 Å². The summed E-state index contributed by atoms with van der Waals surface area (Å²) in [4.78, 5) is 8.06. The molecule has 1 aliphatic carbocycles. The topological polar surface area (TPSA) is 63.8 Å². The van der Waals surface area contributed by atoms with Crippen molar-refractivity contribution in [3.63, 3.8) is 0 Å². The Hall–Kier alpha value is -1.07. The van der Waals surface area contributed by atoms with Crippen molar-refractivity contribution < 1.29 is 4.39 Å². The molecule has 76 valence electrons. The number of halogens is 1. The predicted molar refractivity (Wildman–Crippen MR) is 49.7 cm³/mol.